The minimum atomic E-state index is -0.625. The number of nitrogens with one attached hydrogen (secondary N) is 1. The van der Waals surface area contributed by atoms with Crippen molar-refractivity contribution >= 4 is 36.6 Å². The molecule has 0 aliphatic carbocycles. The number of likely N-dealkylation sites (tertiary alicyclic amines) is 1. The Morgan fingerprint density at radius 2 is 1.86 bits per heavy atom. The molecule has 1 saturated heterocycles. The average Bonchev–Trinajstić information content (AvgIpc) is 2.68. The second kappa shape index (κ2) is 14.6. The summed E-state index contributed by atoms with van der Waals surface area (Å²) in [5, 5.41) is 3.03. The molecular formula is C20H34Cl2N4O3. The van der Waals surface area contributed by atoms with Crippen molar-refractivity contribution in [2.45, 2.75) is 25.4 Å². The number of benzene rings is 1. The van der Waals surface area contributed by atoms with Crippen LogP contribution in [-0.2, 0) is 20.9 Å². The number of rotatable bonds is 9. The molecule has 9 heteroatoms. The van der Waals surface area contributed by atoms with E-state index in [4.69, 9.17) is 10.5 Å². The molecule has 0 spiro atoms. The zero-order valence-electron chi connectivity index (χ0n) is 17.2. The van der Waals surface area contributed by atoms with E-state index in [2.05, 4.69) is 22.3 Å². The van der Waals surface area contributed by atoms with E-state index >= 15 is 0 Å². The van der Waals surface area contributed by atoms with E-state index in [9.17, 15) is 9.59 Å². The van der Waals surface area contributed by atoms with Crippen molar-refractivity contribution in [3.8, 4) is 0 Å². The molecule has 2 rings (SSSR count). The zero-order chi connectivity index (χ0) is 19.6. The molecule has 1 fully saturated rings. The molecule has 1 aromatic carbocycles. The van der Waals surface area contributed by atoms with Crippen LogP contribution in [0.25, 0.3) is 0 Å². The van der Waals surface area contributed by atoms with Crippen LogP contribution in [0.1, 0.15) is 18.4 Å². The molecule has 1 heterocycles. The number of ether oxygens (including phenoxy) is 1. The number of methoxy groups -OCH3 is 1. The molecule has 1 aliphatic rings. The molecular weight excluding hydrogens is 415 g/mol. The highest BCUT2D eigenvalue weighted by molar-refractivity contribution is 5.85. The third-order valence-electron chi connectivity index (χ3n) is 4.93. The van der Waals surface area contributed by atoms with Crippen molar-refractivity contribution in [1.82, 2.24) is 15.1 Å². The van der Waals surface area contributed by atoms with E-state index < -0.39 is 6.04 Å². The number of carbonyl (C=O) groups excluding carboxylic acids is 2. The summed E-state index contributed by atoms with van der Waals surface area (Å²) in [7, 11) is 3.58. The molecule has 1 atom stereocenters. The Balaban J connectivity index is 0.00000392. The fourth-order valence-electron chi connectivity index (χ4n) is 3.34. The van der Waals surface area contributed by atoms with Gasteiger partial charge >= 0.3 is 0 Å². The lowest BCUT2D eigenvalue weighted by Crippen LogP contribution is -2.50. The third kappa shape index (κ3) is 9.31. The van der Waals surface area contributed by atoms with E-state index in [1.807, 2.05) is 25.2 Å². The first-order valence-electron chi connectivity index (χ1n) is 9.54. The lowest BCUT2D eigenvalue weighted by atomic mass is 9.95. The number of nitrogens with zero attached hydrogens (tertiary/aromatic N) is 2. The van der Waals surface area contributed by atoms with Crippen LogP contribution in [0.3, 0.4) is 0 Å². The Kier molecular flexibility index (Phi) is 13.9. The van der Waals surface area contributed by atoms with E-state index in [1.165, 1.54) is 12.7 Å². The summed E-state index contributed by atoms with van der Waals surface area (Å²) in [5.41, 5.74) is 7.06. The SMILES string of the molecule is COCC(N)C(=O)N1CCC(C(=O)NCCN(C)Cc2ccccc2)CC1.Cl.Cl. The molecule has 2 amide bonds. The predicted octanol–water partition coefficient (Wildman–Crippen LogP) is 1.29. The molecule has 0 bridgehead atoms. The van der Waals surface area contributed by atoms with Crippen LogP contribution in [0, 0.1) is 5.92 Å². The molecule has 1 aliphatic heterocycles. The number of hydrogen-bond donors (Lipinski definition) is 2. The minimum Gasteiger partial charge on any atom is -0.383 e. The fraction of sp³-hybridized carbons (Fsp3) is 0.600. The van der Waals surface area contributed by atoms with E-state index in [0.29, 0.717) is 32.5 Å². The lowest BCUT2D eigenvalue weighted by molar-refractivity contribution is -0.137. The van der Waals surface area contributed by atoms with Gasteiger partial charge in [0.05, 0.1) is 6.61 Å². The molecule has 7 nitrogen and oxygen atoms in total. The summed E-state index contributed by atoms with van der Waals surface area (Å²) in [4.78, 5) is 28.5. The molecule has 29 heavy (non-hydrogen) atoms. The summed E-state index contributed by atoms with van der Waals surface area (Å²) >= 11 is 0. The third-order valence-corrected chi connectivity index (χ3v) is 4.93. The van der Waals surface area contributed by atoms with Gasteiger partial charge in [0.2, 0.25) is 11.8 Å². The van der Waals surface area contributed by atoms with Crippen LogP contribution >= 0.6 is 24.8 Å². The molecule has 0 radical (unpaired) electrons. The highest BCUT2D eigenvalue weighted by Gasteiger charge is 2.29. The Morgan fingerprint density at radius 1 is 1.24 bits per heavy atom. The number of hydrogen-bond acceptors (Lipinski definition) is 5. The quantitative estimate of drug-likeness (QED) is 0.593. The predicted molar refractivity (Wildman–Crippen MR) is 119 cm³/mol. The maximum absolute atomic E-state index is 12.4. The first-order chi connectivity index (χ1) is 13.0. The van der Waals surface area contributed by atoms with Crippen molar-refractivity contribution < 1.29 is 14.3 Å². The van der Waals surface area contributed by atoms with Gasteiger partial charge < -0.3 is 25.6 Å². The Labute approximate surface area is 186 Å². The van der Waals surface area contributed by atoms with E-state index in [0.717, 1.165) is 13.1 Å². The van der Waals surface area contributed by atoms with Gasteiger partial charge in [0.1, 0.15) is 6.04 Å². The lowest BCUT2D eigenvalue weighted by Gasteiger charge is -2.32. The van der Waals surface area contributed by atoms with Gasteiger partial charge in [-0.1, -0.05) is 30.3 Å². The zero-order valence-corrected chi connectivity index (χ0v) is 18.8. The van der Waals surface area contributed by atoms with Crippen LogP contribution in [0.4, 0.5) is 0 Å². The summed E-state index contributed by atoms with van der Waals surface area (Å²) in [6, 6.07) is 9.65. The fourth-order valence-corrected chi connectivity index (χ4v) is 3.34. The molecule has 1 unspecified atom stereocenters. The van der Waals surface area contributed by atoms with Gasteiger partial charge in [0.25, 0.3) is 0 Å². The summed E-state index contributed by atoms with van der Waals surface area (Å²) < 4.78 is 4.94. The van der Waals surface area contributed by atoms with Gasteiger partial charge in [0.15, 0.2) is 0 Å². The van der Waals surface area contributed by atoms with Gasteiger partial charge in [-0.2, -0.15) is 0 Å². The first kappa shape index (κ1) is 27.6. The number of halogens is 2. The molecule has 166 valence electrons. The van der Waals surface area contributed by atoms with Crippen LogP contribution in [0.5, 0.6) is 0 Å². The van der Waals surface area contributed by atoms with Crippen molar-refractivity contribution in [3.05, 3.63) is 35.9 Å². The van der Waals surface area contributed by atoms with Crippen LogP contribution in [0.2, 0.25) is 0 Å². The van der Waals surface area contributed by atoms with Crippen molar-refractivity contribution in [3.63, 3.8) is 0 Å². The highest BCUT2D eigenvalue weighted by atomic mass is 35.5. The van der Waals surface area contributed by atoms with E-state index in [1.54, 1.807) is 4.90 Å². The Morgan fingerprint density at radius 3 is 2.45 bits per heavy atom. The smallest absolute Gasteiger partial charge is 0.241 e. The molecule has 3 N–H and O–H groups in total. The Bertz CT molecular complexity index is 599. The van der Waals surface area contributed by atoms with Gasteiger partial charge in [-0.15, -0.1) is 24.8 Å². The number of amides is 2. The number of likely N-dealkylation sites (N-methyl/N-ethyl adjacent to an activating group) is 1. The molecule has 1 aromatic rings. The van der Waals surface area contributed by atoms with Gasteiger partial charge in [-0.3, -0.25) is 9.59 Å². The highest BCUT2D eigenvalue weighted by Crippen LogP contribution is 2.18. The maximum atomic E-state index is 12.4. The van der Waals surface area contributed by atoms with Crippen LogP contribution in [0.15, 0.2) is 30.3 Å². The summed E-state index contributed by atoms with van der Waals surface area (Å²) in [6.45, 7) is 3.64. The topological polar surface area (TPSA) is 87.9 Å². The minimum absolute atomic E-state index is 0. The largest absolute Gasteiger partial charge is 0.383 e. The Hall–Kier alpha value is -1.38. The van der Waals surface area contributed by atoms with Crippen molar-refractivity contribution in [2.75, 3.05) is 46.9 Å². The normalized spacial score (nSPS) is 15.2. The average molecular weight is 449 g/mol. The standard InChI is InChI=1S/C20H32N4O3.2ClH/c1-23(14-16-6-4-3-5-7-16)13-10-22-19(25)17-8-11-24(12-9-17)20(26)18(21)15-27-2;;/h3-7,17-18H,8-15,21H2,1-2H3,(H,22,25);2*1H. The second-order valence-electron chi connectivity index (χ2n) is 7.18. The second-order valence-corrected chi connectivity index (χ2v) is 7.18. The van der Waals surface area contributed by atoms with Gasteiger partial charge in [-0.05, 0) is 25.5 Å². The number of piperidine rings is 1. The molecule has 0 aromatic heterocycles. The van der Waals surface area contributed by atoms with Gasteiger partial charge in [-0.25, -0.2) is 0 Å². The molecule has 0 saturated carbocycles. The van der Waals surface area contributed by atoms with E-state index in [-0.39, 0.29) is 49.2 Å². The summed E-state index contributed by atoms with van der Waals surface area (Å²) in [5.74, 6) is -0.0539. The summed E-state index contributed by atoms with van der Waals surface area (Å²) in [6.07, 6.45) is 1.36. The number of carbonyl (C=O) groups is 2. The van der Waals surface area contributed by atoms with Crippen molar-refractivity contribution in [2.24, 2.45) is 11.7 Å². The van der Waals surface area contributed by atoms with Crippen LogP contribution in [-0.4, -0.2) is 74.6 Å². The number of nitrogens with two attached hydrogens (primary N) is 1. The monoisotopic (exact) mass is 448 g/mol. The van der Waals surface area contributed by atoms with Crippen LogP contribution < -0.4 is 11.1 Å². The van der Waals surface area contributed by atoms with Gasteiger partial charge in [0, 0.05) is 45.8 Å². The maximum Gasteiger partial charge on any atom is 0.241 e. The van der Waals surface area contributed by atoms with Crippen molar-refractivity contribution in [1.29, 1.82) is 0 Å². The first-order valence-corrected chi connectivity index (χ1v) is 9.54.